The lowest BCUT2D eigenvalue weighted by Gasteiger charge is -2.28. The second-order valence-corrected chi connectivity index (χ2v) is 7.35. The van der Waals surface area contributed by atoms with E-state index in [0.29, 0.717) is 25.3 Å². The molecule has 0 aliphatic carbocycles. The van der Waals surface area contributed by atoms with Crippen molar-refractivity contribution in [1.82, 2.24) is 5.32 Å². The lowest BCUT2D eigenvalue weighted by atomic mass is 9.84. The Morgan fingerprint density at radius 2 is 1.88 bits per heavy atom. The highest BCUT2D eigenvalue weighted by molar-refractivity contribution is 9.10. The number of ether oxygens (including phenoxy) is 2. The molecule has 1 aliphatic heterocycles. The van der Waals surface area contributed by atoms with Gasteiger partial charge in [-0.15, -0.1) is 0 Å². The minimum atomic E-state index is -0.225. The smallest absolute Gasteiger partial charge is 0.251 e. The van der Waals surface area contributed by atoms with Crippen LogP contribution in [0.25, 0.3) is 0 Å². The molecule has 0 spiro atoms. The third-order valence-electron chi connectivity index (χ3n) is 4.10. The fourth-order valence-electron chi connectivity index (χ4n) is 2.60. The van der Waals surface area contributed by atoms with Gasteiger partial charge in [0.1, 0.15) is 13.2 Å². The van der Waals surface area contributed by atoms with Gasteiger partial charge in [-0.25, -0.2) is 0 Å². The summed E-state index contributed by atoms with van der Waals surface area (Å²) in [6.45, 7) is 5.87. The number of carbonyl (C=O) groups excluding carboxylic acids is 1. The molecule has 0 atom stereocenters. The van der Waals surface area contributed by atoms with E-state index in [0.717, 1.165) is 21.5 Å². The van der Waals surface area contributed by atoms with E-state index in [4.69, 9.17) is 9.47 Å². The summed E-state index contributed by atoms with van der Waals surface area (Å²) in [6, 6.07) is 13.3. The van der Waals surface area contributed by atoms with Crippen molar-refractivity contribution in [3.8, 4) is 11.5 Å². The van der Waals surface area contributed by atoms with Crippen molar-refractivity contribution in [1.29, 1.82) is 0 Å². The molecule has 0 saturated heterocycles. The van der Waals surface area contributed by atoms with Gasteiger partial charge >= 0.3 is 0 Å². The second-order valence-electron chi connectivity index (χ2n) is 6.44. The van der Waals surface area contributed by atoms with Gasteiger partial charge in [-0.2, -0.15) is 0 Å². The maximum absolute atomic E-state index is 12.3. The van der Waals surface area contributed by atoms with Crippen molar-refractivity contribution in [2.24, 2.45) is 0 Å². The normalized spacial score (nSPS) is 13.5. The first-order valence-corrected chi connectivity index (χ1v) is 8.69. The van der Waals surface area contributed by atoms with E-state index in [1.54, 1.807) is 6.07 Å². The molecular formula is C19H20BrNO3. The molecule has 0 saturated carbocycles. The van der Waals surface area contributed by atoms with E-state index in [9.17, 15) is 4.79 Å². The number of benzene rings is 2. The Bertz CT molecular complexity index is 758. The van der Waals surface area contributed by atoms with Crippen LogP contribution in [-0.4, -0.2) is 25.7 Å². The minimum absolute atomic E-state index is 0.0816. The Balaban J connectivity index is 1.70. The van der Waals surface area contributed by atoms with Gasteiger partial charge < -0.3 is 14.8 Å². The molecule has 3 rings (SSSR count). The van der Waals surface area contributed by atoms with Crippen LogP contribution >= 0.6 is 15.9 Å². The zero-order chi connectivity index (χ0) is 17.2. The number of fused-ring (bicyclic) bond motifs is 1. The van der Waals surface area contributed by atoms with Crippen molar-refractivity contribution in [3.63, 3.8) is 0 Å². The van der Waals surface area contributed by atoms with Crippen molar-refractivity contribution in [2.75, 3.05) is 19.8 Å². The Morgan fingerprint density at radius 3 is 2.62 bits per heavy atom. The summed E-state index contributed by atoms with van der Waals surface area (Å²) >= 11 is 3.39. The van der Waals surface area contributed by atoms with Crippen LogP contribution in [0.4, 0.5) is 0 Å². The number of halogens is 1. The predicted molar refractivity (Wildman–Crippen MR) is 96.9 cm³/mol. The van der Waals surface area contributed by atoms with E-state index >= 15 is 0 Å². The van der Waals surface area contributed by atoms with Gasteiger partial charge in [0, 0.05) is 22.0 Å². The third kappa shape index (κ3) is 3.73. The van der Waals surface area contributed by atoms with Crippen LogP contribution in [0.2, 0.25) is 0 Å². The molecule has 0 fully saturated rings. The molecule has 2 aromatic rings. The van der Waals surface area contributed by atoms with Crippen LogP contribution in [0.3, 0.4) is 0 Å². The third-order valence-corrected chi connectivity index (χ3v) is 4.59. The lowest BCUT2D eigenvalue weighted by Crippen LogP contribution is -2.36. The van der Waals surface area contributed by atoms with Gasteiger partial charge in [0.15, 0.2) is 11.5 Å². The molecule has 0 radical (unpaired) electrons. The summed E-state index contributed by atoms with van der Waals surface area (Å²) in [6.07, 6.45) is 0. The summed E-state index contributed by atoms with van der Waals surface area (Å²) < 4.78 is 12.1. The molecule has 24 heavy (non-hydrogen) atoms. The molecule has 0 unspecified atom stereocenters. The fraction of sp³-hybridized carbons (Fsp3) is 0.316. The SMILES string of the molecule is CC(C)(CNC(=O)c1cccc(Br)c1)c1ccc2c(c1)OCCO2. The minimum Gasteiger partial charge on any atom is -0.486 e. The lowest BCUT2D eigenvalue weighted by molar-refractivity contribution is 0.0945. The van der Waals surface area contributed by atoms with Gasteiger partial charge in [-0.3, -0.25) is 4.79 Å². The van der Waals surface area contributed by atoms with Gasteiger partial charge in [0.2, 0.25) is 0 Å². The molecule has 2 aromatic carbocycles. The fourth-order valence-corrected chi connectivity index (χ4v) is 3.00. The monoisotopic (exact) mass is 389 g/mol. The number of hydrogen-bond acceptors (Lipinski definition) is 3. The van der Waals surface area contributed by atoms with Crippen LogP contribution in [0, 0.1) is 0 Å². The second kappa shape index (κ2) is 6.85. The number of carbonyl (C=O) groups is 1. The average Bonchev–Trinajstić information content (AvgIpc) is 2.59. The highest BCUT2D eigenvalue weighted by Gasteiger charge is 2.24. The van der Waals surface area contributed by atoms with E-state index in [-0.39, 0.29) is 11.3 Å². The van der Waals surface area contributed by atoms with Gasteiger partial charge in [0.05, 0.1) is 0 Å². The van der Waals surface area contributed by atoms with Crippen LogP contribution < -0.4 is 14.8 Å². The Kier molecular flexibility index (Phi) is 4.81. The van der Waals surface area contributed by atoms with Gasteiger partial charge in [0.25, 0.3) is 5.91 Å². The van der Waals surface area contributed by atoms with Crippen molar-refractivity contribution in [3.05, 3.63) is 58.1 Å². The molecule has 5 heteroatoms. The summed E-state index contributed by atoms with van der Waals surface area (Å²) in [5, 5.41) is 3.01. The highest BCUT2D eigenvalue weighted by atomic mass is 79.9. The van der Waals surface area contributed by atoms with Gasteiger partial charge in [-0.05, 0) is 35.9 Å². The quantitative estimate of drug-likeness (QED) is 0.861. The standard InChI is InChI=1S/C19H20BrNO3/c1-19(2,12-21-18(22)13-4-3-5-15(20)10-13)14-6-7-16-17(11-14)24-9-8-23-16/h3-7,10-11H,8-9,12H2,1-2H3,(H,21,22). The number of rotatable bonds is 4. The number of hydrogen-bond donors (Lipinski definition) is 1. The molecule has 1 heterocycles. The Morgan fingerprint density at radius 1 is 1.12 bits per heavy atom. The van der Waals surface area contributed by atoms with E-state index in [2.05, 4.69) is 35.1 Å². The van der Waals surface area contributed by atoms with E-state index in [1.165, 1.54) is 0 Å². The molecule has 1 N–H and O–H groups in total. The molecule has 1 aliphatic rings. The first-order chi connectivity index (χ1) is 11.5. The average molecular weight is 390 g/mol. The molecule has 0 aromatic heterocycles. The number of nitrogens with one attached hydrogen (secondary N) is 1. The summed E-state index contributed by atoms with van der Waals surface area (Å²) in [4.78, 5) is 12.3. The zero-order valence-electron chi connectivity index (χ0n) is 13.8. The largest absolute Gasteiger partial charge is 0.486 e. The molecular weight excluding hydrogens is 370 g/mol. The predicted octanol–water partition coefficient (Wildman–Crippen LogP) is 3.93. The zero-order valence-corrected chi connectivity index (χ0v) is 15.4. The van der Waals surface area contributed by atoms with Crippen molar-refractivity contribution >= 4 is 21.8 Å². The van der Waals surface area contributed by atoms with Gasteiger partial charge in [-0.1, -0.05) is 41.9 Å². The Hall–Kier alpha value is -2.01. The summed E-state index contributed by atoms with van der Waals surface area (Å²) in [7, 11) is 0. The van der Waals surface area contributed by atoms with Crippen molar-refractivity contribution in [2.45, 2.75) is 19.3 Å². The maximum atomic E-state index is 12.3. The highest BCUT2D eigenvalue weighted by Crippen LogP contribution is 2.34. The summed E-state index contributed by atoms with van der Waals surface area (Å²) in [5.74, 6) is 1.46. The Labute approximate surface area is 150 Å². The first-order valence-electron chi connectivity index (χ1n) is 7.90. The molecule has 126 valence electrons. The number of amides is 1. The van der Waals surface area contributed by atoms with Crippen LogP contribution in [0.15, 0.2) is 46.9 Å². The topological polar surface area (TPSA) is 47.6 Å². The van der Waals surface area contributed by atoms with Crippen LogP contribution in [0.5, 0.6) is 11.5 Å². The molecule has 4 nitrogen and oxygen atoms in total. The van der Waals surface area contributed by atoms with Crippen molar-refractivity contribution < 1.29 is 14.3 Å². The van der Waals surface area contributed by atoms with Crippen LogP contribution in [-0.2, 0) is 5.41 Å². The first kappa shape index (κ1) is 16.8. The molecule has 1 amide bonds. The maximum Gasteiger partial charge on any atom is 0.251 e. The van der Waals surface area contributed by atoms with E-state index < -0.39 is 0 Å². The molecule has 0 bridgehead atoms. The summed E-state index contributed by atoms with van der Waals surface area (Å²) in [5.41, 5.74) is 1.51. The van der Waals surface area contributed by atoms with E-state index in [1.807, 2.05) is 36.4 Å². The van der Waals surface area contributed by atoms with Crippen LogP contribution in [0.1, 0.15) is 29.8 Å².